The van der Waals surface area contributed by atoms with Crippen LogP contribution in [-0.4, -0.2) is 31.5 Å². The Morgan fingerprint density at radius 2 is 1.67 bits per heavy atom. The quantitative estimate of drug-likeness (QED) is 0.154. The number of fused-ring (bicyclic) bond motifs is 2. The summed E-state index contributed by atoms with van der Waals surface area (Å²) in [6, 6.07) is 28.3. The Kier molecular flexibility index (Phi) is 9.31. The fourth-order valence-electron chi connectivity index (χ4n) is 5.67. The number of hydrogen-bond donors (Lipinski definition) is 1. The molecule has 0 aliphatic heterocycles. The van der Waals surface area contributed by atoms with Gasteiger partial charge in [0.05, 0.1) is 34.0 Å². The number of rotatable bonds is 10. The van der Waals surface area contributed by atoms with Gasteiger partial charge < -0.3 is 9.84 Å². The first-order chi connectivity index (χ1) is 23.3. The van der Waals surface area contributed by atoms with Crippen molar-refractivity contribution in [1.82, 2.24) is 14.5 Å². The van der Waals surface area contributed by atoms with Gasteiger partial charge in [0.1, 0.15) is 18.2 Å². The molecule has 6 rings (SSSR count). The lowest BCUT2D eigenvalue weighted by atomic mass is 9.87. The van der Waals surface area contributed by atoms with Crippen LogP contribution in [0.2, 0.25) is 0 Å². The third-order valence-corrected chi connectivity index (χ3v) is 9.41. The van der Waals surface area contributed by atoms with Crippen molar-refractivity contribution in [3.63, 3.8) is 0 Å². The Morgan fingerprint density at radius 1 is 0.918 bits per heavy atom. The van der Waals surface area contributed by atoms with Crippen molar-refractivity contribution >= 4 is 45.4 Å². The molecule has 0 amide bonds. The summed E-state index contributed by atoms with van der Waals surface area (Å²) in [4.78, 5) is 37.2. The molecule has 3 aromatic carbocycles. The fraction of sp³-hybridized carbons (Fsp3) is 0.250. The highest BCUT2D eigenvalue weighted by molar-refractivity contribution is 7.99. The average molecular weight is 676 g/mol. The van der Waals surface area contributed by atoms with Crippen molar-refractivity contribution < 1.29 is 23.8 Å². The van der Waals surface area contributed by atoms with Crippen LogP contribution in [0.4, 0.5) is 4.39 Å². The molecule has 0 spiro atoms. The number of aromatic nitrogens is 3. The number of ether oxygens (including phenoxy) is 1. The summed E-state index contributed by atoms with van der Waals surface area (Å²) in [7, 11) is 0. The first-order valence-electron chi connectivity index (χ1n) is 16.1. The van der Waals surface area contributed by atoms with Crippen molar-refractivity contribution in [2.75, 3.05) is 0 Å². The minimum absolute atomic E-state index is 0.119. The molecule has 1 N–H and O–H groups in total. The number of para-hydroxylation sites is 1. The summed E-state index contributed by atoms with van der Waals surface area (Å²) >= 11 is 1.48. The van der Waals surface area contributed by atoms with Crippen LogP contribution < -0.4 is 4.74 Å². The third kappa shape index (κ3) is 7.67. The maximum Gasteiger partial charge on any atom is 0.309 e. The van der Waals surface area contributed by atoms with Crippen molar-refractivity contribution in [1.29, 1.82) is 0 Å². The van der Waals surface area contributed by atoms with Gasteiger partial charge >= 0.3 is 5.97 Å². The lowest BCUT2D eigenvalue weighted by Gasteiger charge is -2.23. The smallest absolute Gasteiger partial charge is 0.309 e. The van der Waals surface area contributed by atoms with E-state index in [0.717, 1.165) is 37.3 Å². The van der Waals surface area contributed by atoms with Gasteiger partial charge in [-0.15, -0.1) is 0 Å². The Balaban J connectivity index is 1.43. The SMILES string of the molecule is CC(C)(C)CC(=O)n1c(CC(C)(C)C(=O)O)c(Sc2ccc(-c3ccc(F)cn3)cc2)c2ccc(OCc3ccc4ccccc4n3)cc21. The number of carbonyl (C=O) groups excluding carboxylic acids is 1. The second-order valence-electron chi connectivity index (χ2n) is 14.1. The van der Waals surface area contributed by atoms with E-state index >= 15 is 0 Å². The molecule has 0 radical (unpaired) electrons. The standard InChI is InChI=1S/C40H38FN3O4S/c1-39(2,3)22-36(45)44-34-20-29(48-24-28-14-10-25-8-6-7-9-33(25)43-28)15-18-31(34)37(35(44)21-40(4,5)38(46)47)49-30-16-11-26(12-17-30)32-19-13-27(41)23-42-32/h6-20,23H,21-22,24H2,1-5H3,(H,46,47). The molecule has 0 saturated heterocycles. The molecule has 0 bridgehead atoms. The van der Waals surface area contributed by atoms with Crippen LogP contribution in [0.3, 0.4) is 0 Å². The zero-order valence-electron chi connectivity index (χ0n) is 28.2. The van der Waals surface area contributed by atoms with Gasteiger partial charge in [0.15, 0.2) is 0 Å². The Labute approximate surface area is 289 Å². The predicted molar refractivity (Wildman–Crippen MR) is 192 cm³/mol. The van der Waals surface area contributed by atoms with Gasteiger partial charge in [-0.25, -0.2) is 9.37 Å². The fourth-order valence-corrected chi connectivity index (χ4v) is 6.74. The summed E-state index contributed by atoms with van der Waals surface area (Å²) in [6.45, 7) is 9.62. The van der Waals surface area contributed by atoms with Gasteiger partial charge in [-0.2, -0.15) is 0 Å². The molecule has 0 unspecified atom stereocenters. The Bertz CT molecular complexity index is 2170. The molecular weight excluding hydrogens is 638 g/mol. The Morgan fingerprint density at radius 3 is 2.37 bits per heavy atom. The highest BCUT2D eigenvalue weighted by atomic mass is 32.2. The molecule has 0 aliphatic rings. The number of hydrogen-bond acceptors (Lipinski definition) is 6. The molecule has 6 aromatic rings. The van der Waals surface area contributed by atoms with Crippen LogP contribution in [0, 0.1) is 16.6 Å². The summed E-state index contributed by atoms with van der Waals surface area (Å²) in [5.41, 5.74) is 2.99. The van der Waals surface area contributed by atoms with Crippen molar-refractivity contribution in [2.24, 2.45) is 10.8 Å². The molecule has 3 aromatic heterocycles. The maximum atomic E-state index is 14.2. The topological polar surface area (TPSA) is 94.3 Å². The largest absolute Gasteiger partial charge is 0.487 e. The number of aliphatic carboxylic acids is 1. The zero-order chi connectivity index (χ0) is 34.9. The second kappa shape index (κ2) is 13.5. The highest BCUT2D eigenvalue weighted by Crippen LogP contribution is 2.43. The van der Waals surface area contributed by atoms with Gasteiger partial charge in [-0.1, -0.05) is 68.9 Å². The molecule has 3 heterocycles. The van der Waals surface area contributed by atoms with E-state index < -0.39 is 17.2 Å². The van der Waals surface area contributed by atoms with Gasteiger partial charge in [0.25, 0.3) is 0 Å². The molecule has 0 fully saturated rings. The van der Waals surface area contributed by atoms with Crippen molar-refractivity contribution in [2.45, 2.75) is 63.9 Å². The van der Waals surface area contributed by atoms with E-state index in [1.807, 2.05) is 99.6 Å². The van der Waals surface area contributed by atoms with Crippen molar-refractivity contribution in [3.05, 3.63) is 114 Å². The maximum absolute atomic E-state index is 14.2. The van der Waals surface area contributed by atoms with E-state index in [-0.39, 0.29) is 30.8 Å². The molecule has 0 aliphatic carbocycles. The molecule has 0 saturated carbocycles. The number of nitrogens with zero attached hydrogens (tertiary/aromatic N) is 3. The molecule has 49 heavy (non-hydrogen) atoms. The van der Waals surface area contributed by atoms with E-state index in [9.17, 15) is 19.1 Å². The van der Waals surface area contributed by atoms with Crippen LogP contribution in [0.25, 0.3) is 33.1 Å². The number of halogens is 1. The van der Waals surface area contributed by atoms with Gasteiger partial charge in [0, 0.05) is 50.7 Å². The van der Waals surface area contributed by atoms with Crippen LogP contribution in [-0.2, 0) is 17.8 Å². The monoisotopic (exact) mass is 675 g/mol. The molecule has 7 nitrogen and oxygen atoms in total. The number of carboxylic acid groups (broad SMARTS) is 1. The van der Waals surface area contributed by atoms with Crippen LogP contribution >= 0.6 is 11.8 Å². The molecule has 0 atom stereocenters. The average Bonchev–Trinajstić information content (AvgIpc) is 3.34. The third-order valence-electron chi connectivity index (χ3n) is 8.25. The van der Waals surface area contributed by atoms with E-state index in [0.29, 0.717) is 22.7 Å². The van der Waals surface area contributed by atoms with Crippen molar-refractivity contribution in [3.8, 4) is 17.0 Å². The number of carboxylic acids is 1. The summed E-state index contributed by atoms with van der Waals surface area (Å²) in [5.74, 6) is -0.899. The van der Waals surface area contributed by atoms with Gasteiger partial charge in [-0.3, -0.25) is 19.1 Å². The number of carbonyl (C=O) groups is 2. The van der Waals surface area contributed by atoms with Crippen LogP contribution in [0.5, 0.6) is 5.75 Å². The summed E-state index contributed by atoms with van der Waals surface area (Å²) in [6.07, 6.45) is 1.57. The zero-order valence-corrected chi connectivity index (χ0v) is 29.0. The van der Waals surface area contributed by atoms with E-state index in [1.54, 1.807) is 24.5 Å². The van der Waals surface area contributed by atoms with E-state index in [4.69, 9.17) is 9.72 Å². The van der Waals surface area contributed by atoms with Gasteiger partial charge in [0.2, 0.25) is 5.91 Å². The summed E-state index contributed by atoms with van der Waals surface area (Å²) < 4.78 is 21.4. The van der Waals surface area contributed by atoms with Crippen LogP contribution in [0.1, 0.15) is 57.2 Å². The molecule has 9 heteroatoms. The minimum atomic E-state index is -1.15. The van der Waals surface area contributed by atoms with E-state index in [2.05, 4.69) is 4.98 Å². The highest BCUT2D eigenvalue weighted by Gasteiger charge is 2.34. The molecule has 250 valence electrons. The van der Waals surface area contributed by atoms with Gasteiger partial charge in [-0.05, 0) is 67.8 Å². The number of benzene rings is 3. The normalized spacial score (nSPS) is 12.0. The predicted octanol–water partition coefficient (Wildman–Crippen LogP) is 9.85. The summed E-state index contributed by atoms with van der Waals surface area (Å²) in [5, 5.41) is 12.0. The van der Waals surface area contributed by atoms with E-state index in [1.165, 1.54) is 24.0 Å². The minimum Gasteiger partial charge on any atom is -0.487 e. The Hall–Kier alpha value is -5.02. The number of pyridine rings is 2. The first kappa shape index (κ1) is 33.9. The molecular formula is C40H38FN3O4S. The first-order valence-corrected chi connectivity index (χ1v) is 16.9. The lowest BCUT2D eigenvalue weighted by molar-refractivity contribution is -0.146. The lowest BCUT2D eigenvalue weighted by Crippen LogP contribution is -2.29. The second-order valence-corrected chi connectivity index (χ2v) is 15.1. The van der Waals surface area contributed by atoms with Crippen LogP contribution in [0.15, 0.2) is 107 Å².